The van der Waals surface area contributed by atoms with Gasteiger partial charge in [0.25, 0.3) is 0 Å². The maximum absolute atomic E-state index is 9.70. The van der Waals surface area contributed by atoms with Crippen molar-refractivity contribution in [3.05, 3.63) is 0 Å². The molecule has 0 aliphatic carbocycles. The third-order valence-electron chi connectivity index (χ3n) is 0.595. The van der Waals surface area contributed by atoms with Gasteiger partial charge in [-0.25, -0.2) is 0 Å². The van der Waals surface area contributed by atoms with Gasteiger partial charge in [0.2, 0.25) is 0 Å². The van der Waals surface area contributed by atoms with Crippen molar-refractivity contribution in [1.29, 1.82) is 0 Å². The van der Waals surface area contributed by atoms with Gasteiger partial charge in [-0.2, -0.15) is 0 Å². The molecule has 0 aromatic heterocycles. The van der Waals surface area contributed by atoms with Crippen molar-refractivity contribution in [3.8, 4) is 0 Å². The molecule has 5 heteroatoms. The molecule has 0 rings (SSSR count). The number of rotatable bonds is 3. The minimum Gasteiger partial charge on any atom is -1.00 e. The van der Waals surface area contributed by atoms with Gasteiger partial charge in [0.05, 0.1) is 0 Å². The Morgan fingerprint density at radius 1 is 1.56 bits per heavy atom. The topological polar surface area (TPSA) is 63.3 Å². The molecule has 0 aromatic carbocycles. The summed E-state index contributed by atoms with van der Waals surface area (Å²) in [5.74, 6) is -0.773. The fourth-order valence-electron chi connectivity index (χ4n) is 0.253. The van der Waals surface area contributed by atoms with Gasteiger partial charge >= 0.3 is 35.5 Å². The van der Waals surface area contributed by atoms with Crippen LogP contribution in [0.5, 0.6) is 0 Å². The molecule has 3 N–H and O–H groups in total. The van der Waals surface area contributed by atoms with Crippen LogP contribution in [0.1, 0.15) is 12.8 Å². The van der Waals surface area contributed by atoms with Crippen LogP contribution in [0.25, 0.3) is 0 Å². The number of nitrogens with two attached hydrogens (primary N) is 1. The summed E-state index contributed by atoms with van der Waals surface area (Å²) in [6, 6.07) is 0. The van der Waals surface area contributed by atoms with E-state index in [1.807, 2.05) is 0 Å². The van der Waals surface area contributed by atoms with E-state index >= 15 is 0 Å². The zero-order valence-electron chi connectivity index (χ0n) is 5.43. The fourth-order valence-corrected chi connectivity index (χ4v) is 0.253. The van der Waals surface area contributed by atoms with E-state index in [1.54, 1.807) is 0 Å². The smallest absolute Gasteiger partial charge is 1.00 e. The molecule has 0 saturated heterocycles. The summed E-state index contributed by atoms with van der Waals surface area (Å²) in [7, 11) is 0. The quantitative estimate of drug-likeness (QED) is 0.405. The Balaban J connectivity index is -0.000000180. The molecule has 9 heavy (non-hydrogen) atoms. The van der Waals surface area contributed by atoms with Gasteiger partial charge in [0.15, 0.2) is 0 Å². The van der Waals surface area contributed by atoms with E-state index in [1.165, 1.54) is 0 Å². The van der Waals surface area contributed by atoms with Crippen LogP contribution in [0.2, 0.25) is 0 Å². The second-order valence-electron chi connectivity index (χ2n) is 1.29. The van der Waals surface area contributed by atoms with Gasteiger partial charge in [-0.05, 0) is 13.0 Å². The van der Waals surface area contributed by atoms with E-state index in [4.69, 9.17) is 10.8 Å². The first-order valence-corrected chi connectivity index (χ1v) is 2.19. The molecule has 0 aliphatic rings. The zero-order chi connectivity index (χ0) is 5.70. The minimum absolute atomic E-state index is 0. The Hall–Kier alpha value is 0.720. The van der Waals surface area contributed by atoms with Crippen molar-refractivity contribution in [1.82, 2.24) is 0 Å². The number of hydrogen-bond acceptors (Lipinski definition) is 2. The minimum atomic E-state index is -0.773. The Morgan fingerprint density at radius 3 is 2.11 bits per heavy atom. The predicted molar refractivity (Wildman–Crippen MR) is 25.9 cm³/mol. The normalized spacial score (nSPS) is 6.78. The van der Waals surface area contributed by atoms with Crippen molar-refractivity contribution >= 4 is 5.97 Å². The van der Waals surface area contributed by atoms with Crippen LogP contribution >= 0.6 is 0 Å². The van der Waals surface area contributed by atoms with Crippen molar-refractivity contribution in [2.75, 3.05) is 6.54 Å². The van der Waals surface area contributed by atoms with Crippen LogP contribution in [0.3, 0.4) is 0 Å². The fraction of sp³-hybridized carbons (Fsp3) is 0.750. The average molecular weight is 162 g/mol. The van der Waals surface area contributed by atoms with Gasteiger partial charge < -0.3 is 23.2 Å². The molecular weight excluding hydrogens is 152 g/mol. The van der Waals surface area contributed by atoms with Crippen molar-refractivity contribution < 1.29 is 51.9 Å². The van der Waals surface area contributed by atoms with Crippen LogP contribution in [0.15, 0.2) is 0 Å². The molecule has 0 fully saturated rings. The Morgan fingerprint density at radius 2 is 2.00 bits per heavy atom. The summed E-state index contributed by atoms with van der Waals surface area (Å²) >= 11 is 0. The molecular formula is C4H9ClNNaO2. The molecule has 50 valence electrons. The summed E-state index contributed by atoms with van der Waals surface area (Å²) in [5, 5.41) is 7.99. The third kappa shape index (κ3) is 17.7. The van der Waals surface area contributed by atoms with E-state index in [2.05, 4.69) is 0 Å². The van der Waals surface area contributed by atoms with Crippen LogP contribution in [0, 0.1) is 0 Å². The maximum atomic E-state index is 9.70. The maximum Gasteiger partial charge on any atom is 1.00 e. The van der Waals surface area contributed by atoms with Gasteiger partial charge in [-0.1, -0.05) is 0 Å². The van der Waals surface area contributed by atoms with Crippen molar-refractivity contribution in [2.45, 2.75) is 12.8 Å². The second kappa shape index (κ2) is 11.5. The molecule has 0 atom stereocenters. The molecule has 0 unspecified atom stereocenters. The van der Waals surface area contributed by atoms with E-state index in [-0.39, 0.29) is 48.4 Å². The van der Waals surface area contributed by atoms with E-state index in [0.29, 0.717) is 13.0 Å². The van der Waals surface area contributed by atoms with Crippen molar-refractivity contribution in [3.63, 3.8) is 0 Å². The van der Waals surface area contributed by atoms with E-state index in [0.717, 1.165) is 0 Å². The number of carboxylic acids is 1. The van der Waals surface area contributed by atoms with Crippen LogP contribution < -0.4 is 47.7 Å². The molecule has 0 aromatic rings. The molecule has 0 spiro atoms. The number of halogens is 1. The standard InChI is InChI=1S/C4H9NO2.ClH.Na/c5-3-1-2-4(6)7;;/h1-3,5H2,(H,6,7);1H;/q;;+1/p-1. The van der Waals surface area contributed by atoms with Gasteiger partial charge in [0.1, 0.15) is 0 Å². The number of carbonyl (C=O) groups is 1. The monoisotopic (exact) mass is 161 g/mol. The molecule has 0 saturated carbocycles. The molecule has 3 nitrogen and oxygen atoms in total. The number of carboxylic acid groups (broad SMARTS) is 1. The van der Waals surface area contributed by atoms with Gasteiger partial charge in [-0.3, -0.25) is 4.79 Å². The molecule has 0 amide bonds. The van der Waals surface area contributed by atoms with Gasteiger partial charge in [-0.15, -0.1) is 0 Å². The molecule has 0 aliphatic heterocycles. The first-order chi connectivity index (χ1) is 3.27. The van der Waals surface area contributed by atoms with Crippen LogP contribution in [0.4, 0.5) is 0 Å². The summed E-state index contributed by atoms with van der Waals surface area (Å²) in [6.07, 6.45) is 0.770. The summed E-state index contributed by atoms with van der Waals surface area (Å²) in [4.78, 5) is 9.70. The first-order valence-electron chi connectivity index (χ1n) is 2.19. The number of hydrogen-bond donors (Lipinski definition) is 2. The zero-order valence-corrected chi connectivity index (χ0v) is 8.19. The van der Waals surface area contributed by atoms with E-state index in [9.17, 15) is 4.79 Å². The van der Waals surface area contributed by atoms with E-state index < -0.39 is 5.97 Å². The van der Waals surface area contributed by atoms with Crippen LogP contribution in [-0.2, 0) is 4.79 Å². The molecule has 0 radical (unpaired) electrons. The third-order valence-corrected chi connectivity index (χ3v) is 0.595. The largest absolute Gasteiger partial charge is 1.00 e. The average Bonchev–Trinajstić information content (AvgIpc) is 1.61. The van der Waals surface area contributed by atoms with Gasteiger partial charge in [0, 0.05) is 6.42 Å². The van der Waals surface area contributed by atoms with Crippen LogP contribution in [-0.4, -0.2) is 17.6 Å². The van der Waals surface area contributed by atoms with Crippen molar-refractivity contribution in [2.24, 2.45) is 5.73 Å². The molecule has 0 heterocycles. The first kappa shape index (κ1) is 16.4. The second-order valence-corrected chi connectivity index (χ2v) is 1.29. The summed E-state index contributed by atoms with van der Waals surface area (Å²) < 4.78 is 0. The SMILES string of the molecule is NCCCC(=O)O.[Cl-].[Na+]. The number of aliphatic carboxylic acids is 1. The Bertz CT molecular complexity index is 71.6. The summed E-state index contributed by atoms with van der Waals surface area (Å²) in [5.41, 5.74) is 5.01. The Kier molecular flexibility index (Phi) is 20.9. The summed E-state index contributed by atoms with van der Waals surface area (Å²) in [6.45, 7) is 0.465. The molecule has 0 bridgehead atoms. The Labute approximate surface area is 82.7 Å². The predicted octanol–water partition coefficient (Wildman–Crippen LogP) is -6.18.